The van der Waals surface area contributed by atoms with Crippen LogP contribution < -0.4 is 0 Å². The summed E-state index contributed by atoms with van der Waals surface area (Å²) in [6, 6.07) is -0.245. The maximum atomic E-state index is 14.0. The molecule has 3 fully saturated rings. The van der Waals surface area contributed by atoms with E-state index in [4.69, 9.17) is 33.2 Å². The third kappa shape index (κ3) is 8.31. The van der Waals surface area contributed by atoms with Gasteiger partial charge in [-0.15, -0.1) is 0 Å². The molecule has 4 rings (SSSR count). The number of carbonyl (C=O) groups is 1. The topological polar surface area (TPSA) is 186 Å². The molecule has 51 heavy (non-hydrogen) atoms. The summed E-state index contributed by atoms with van der Waals surface area (Å²) in [5.74, 6) is -2.84. The molecule has 14 nitrogen and oxygen atoms in total. The summed E-state index contributed by atoms with van der Waals surface area (Å²) in [4.78, 5) is 16.1. The summed E-state index contributed by atoms with van der Waals surface area (Å²) in [5, 5.41) is 56.1. The zero-order valence-corrected chi connectivity index (χ0v) is 32.6. The van der Waals surface area contributed by atoms with Crippen molar-refractivity contribution >= 4 is 5.97 Å². The van der Waals surface area contributed by atoms with E-state index in [2.05, 4.69) is 4.90 Å². The van der Waals surface area contributed by atoms with Gasteiger partial charge in [0.05, 0.1) is 42.5 Å². The Bertz CT molecular complexity index is 1230. The Hall–Kier alpha value is -1.43. The third-order valence-corrected chi connectivity index (χ3v) is 12.1. The summed E-state index contributed by atoms with van der Waals surface area (Å²) in [5.41, 5.74) is -3.39. The van der Waals surface area contributed by atoms with Crippen molar-refractivity contribution in [3.8, 4) is 0 Å². The number of aliphatic hydroxyl groups excluding tert-OH is 4. The van der Waals surface area contributed by atoms with Crippen LogP contribution in [0.3, 0.4) is 0 Å². The summed E-state index contributed by atoms with van der Waals surface area (Å²) in [7, 11) is 3.45. The Morgan fingerprint density at radius 2 is 1.63 bits per heavy atom. The van der Waals surface area contributed by atoms with Crippen molar-refractivity contribution < 1.29 is 63.5 Å². The van der Waals surface area contributed by atoms with E-state index in [0.29, 0.717) is 25.1 Å². The smallest absolute Gasteiger partial charge is 0.311 e. The van der Waals surface area contributed by atoms with Gasteiger partial charge in [0.1, 0.15) is 35.3 Å². The molecular formula is C37H65NO13. The van der Waals surface area contributed by atoms with Crippen LogP contribution in [0.5, 0.6) is 0 Å². The van der Waals surface area contributed by atoms with Crippen LogP contribution in [0.2, 0.25) is 0 Å². The number of fused-ring (bicyclic) bond motifs is 2. The van der Waals surface area contributed by atoms with Crippen molar-refractivity contribution in [2.45, 2.75) is 173 Å². The minimum absolute atomic E-state index is 0.134. The van der Waals surface area contributed by atoms with Gasteiger partial charge in [0.25, 0.3) is 0 Å². The lowest BCUT2D eigenvalue weighted by Crippen LogP contribution is -2.60. The van der Waals surface area contributed by atoms with Crippen LogP contribution in [-0.2, 0) is 38.0 Å². The van der Waals surface area contributed by atoms with Gasteiger partial charge >= 0.3 is 5.97 Å². The maximum absolute atomic E-state index is 14.0. The summed E-state index contributed by atoms with van der Waals surface area (Å²) in [6.07, 6.45) is -8.66. The number of rotatable bonds is 8. The van der Waals surface area contributed by atoms with Crippen molar-refractivity contribution in [1.82, 2.24) is 4.90 Å². The number of methoxy groups -OCH3 is 1. The fourth-order valence-electron chi connectivity index (χ4n) is 8.61. The number of cyclic esters (lactones) is 1. The molecule has 0 amide bonds. The number of esters is 1. The number of ether oxygens (including phenoxy) is 7. The number of likely N-dealkylation sites (N-methyl/N-ethyl adjacent to an activating group) is 1. The van der Waals surface area contributed by atoms with E-state index in [-0.39, 0.29) is 18.6 Å². The first-order chi connectivity index (χ1) is 23.6. The molecule has 17 atom stereocenters. The second kappa shape index (κ2) is 16.1. The molecule has 2 bridgehead atoms. The highest BCUT2D eigenvalue weighted by atomic mass is 16.7. The van der Waals surface area contributed by atoms with Gasteiger partial charge in [0.2, 0.25) is 0 Å². The fourth-order valence-corrected chi connectivity index (χ4v) is 8.61. The van der Waals surface area contributed by atoms with Crippen molar-refractivity contribution in [3.63, 3.8) is 0 Å². The standard InChI is InChI=1S/C37H65NO13/c1-13-38(11)24-14-19(3)46-34(27(24)40)50-32-21(5)29(49-26-16-35(8,45-12)31(42)23(7)47-26)22(6)33(43)48-25(17-39)37(10,44)30(41)20(4)28-18(2)15-36(32,9)51-28/h19-27,29-32,34,39-42,44H,13-17H2,1-12H3/t19-,20-,21?,22?,23+,24+,25+,26-,27-,29?,30-,31+,32?,34+,35-,36-,37-/m1/s1. The van der Waals surface area contributed by atoms with Crippen LogP contribution in [-0.4, -0.2) is 148 Å². The Morgan fingerprint density at radius 3 is 2.22 bits per heavy atom. The number of carbonyl (C=O) groups excluding carboxylic acids is 1. The SMILES string of the molecule is CCN(C)[C@H]1C[C@@H](C)O[C@@H](OC2C(C)C(O[C@@H]3C[C@@](C)(OC)[C@@H](O)[C@H](C)O3)C(C)C(=O)O[C@@H](CO)[C@@](C)(O)[C@H](O)[C@H](C)C3=C(C)C[C@@]2(C)O3)[C@@H]1O. The molecule has 0 aromatic rings. The number of nitrogens with zero attached hydrogens (tertiary/aromatic N) is 1. The lowest BCUT2D eigenvalue weighted by Gasteiger charge is -2.48. The van der Waals surface area contributed by atoms with Gasteiger partial charge in [-0.05, 0) is 74.1 Å². The van der Waals surface area contributed by atoms with Gasteiger partial charge in [0, 0.05) is 37.8 Å². The molecule has 0 saturated carbocycles. The highest BCUT2D eigenvalue weighted by molar-refractivity contribution is 5.73. The molecule has 0 aromatic heterocycles. The normalized spacial score (nSPS) is 48.8. The number of hydrogen-bond donors (Lipinski definition) is 5. The average molecular weight is 732 g/mol. The van der Waals surface area contributed by atoms with Crippen molar-refractivity contribution in [2.24, 2.45) is 17.8 Å². The van der Waals surface area contributed by atoms with E-state index in [1.807, 2.05) is 41.7 Å². The molecule has 0 aliphatic carbocycles. The Balaban J connectivity index is 1.84. The van der Waals surface area contributed by atoms with E-state index in [1.165, 1.54) is 14.0 Å². The molecule has 0 radical (unpaired) electrons. The quantitative estimate of drug-likeness (QED) is 0.228. The molecule has 0 aromatic carbocycles. The van der Waals surface area contributed by atoms with Crippen LogP contribution in [0, 0.1) is 17.8 Å². The third-order valence-electron chi connectivity index (χ3n) is 12.1. The molecule has 4 aliphatic heterocycles. The lowest BCUT2D eigenvalue weighted by atomic mass is 9.79. The molecule has 14 heteroatoms. The van der Waals surface area contributed by atoms with Gasteiger partial charge < -0.3 is 63.6 Å². The van der Waals surface area contributed by atoms with Gasteiger partial charge in [-0.25, -0.2) is 0 Å². The Kier molecular flexibility index (Phi) is 13.4. The summed E-state index contributed by atoms with van der Waals surface area (Å²) < 4.78 is 44.3. The molecule has 4 unspecified atom stereocenters. The van der Waals surface area contributed by atoms with Crippen LogP contribution in [0.15, 0.2) is 11.3 Å². The zero-order valence-electron chi connectivity index (χ0n) is 32.6. The zero-order chi connectivity index (χ0) is 38.4. The van der Waals surface area contributed by atoms with E-state index >= 15 is 0 Å². The predicted octanol–water partition coefficient (Wildman–Crippen LogP) is 1.86. The van der Waals surface area contributed by atoms with Crippen molar-refractivity contribution in [2.75, 3.05) is 27.3 Å². The van der Waals surface area contributed by atoms with Crippen LogP contribution in [0.1, 0.15) is 88.5 Å². The molecule has 3 saturated heterocycles. The van der Waals surface area contributed by atoms with Crippen molar-refractivity contribution in [3.05, 3.63) is 11.3 Å². The van der Waals surface area contributed by atoms with E-state index in [9.17, 15) is 30.3 Å². The van der Waals surface area contributed by atoms with E-state index in [1.54, 1.807) is 27.7 Å². The van der Waals surface area contributed by atoms with E-state index < -0.39 is 102 Å². The second-order valence-corrected chi connectivity index (χ2v) is 16.2. The molecule has 4 heterocycles. The Labute approximate surface area is 303 Å². The predicted molar refractivity (Wildman–Crippen MR) is 185 cm³/mol. The van der Waals surface area contributed by atoms with Crippen LogP contribution in [0.25, 0.3) is 0 Å². The van der Waals surface area contributed by atoms with Crippen molar-refractivity contribution in [1.29, 1.82) is 0 Å². The van der Waals surface area contributed by atoms with Crippen LogP contribution >= 0.6 is 0 Å². The molecule has 4 aliphatic rings. The van der Waals surface area contributed by atoms with Gasteiger partial charge in [-0.2, -0.15) is 0 Å². The highest BCUT2D eigenvalue weighted by Crippen LogP contribution is 2.47. The average Bonchev–Trinajstić information content (AvgIpc) is 3.40. The molecule has 5 N–H and O–H groups in total. The Morgan fingerprint density at radius 1 is 0.980 bits per heavy atom. The minimum Gasteiger partial charge on any atom is -0.489 e. The van der Waals surface area contributed by atoms with Crippen LogP contribution in [0.4, 0.5) is 0 Å². The first-order valence-corrected chi connectivity index (χ1v) is 18.5. The minimum atomic E-state index is -2.07. The summed E-state index contributed by atoms with van der Waals surface area (Å²) in [6.45, 7) is 17.7. The molecule has 0 spiro atoms. The fraction of sp³-hybridized carbons (Fsp3) is 0.919. The maximum Gasteiger partial charge on any atom is 0.311 e. The second-order valence-electron chi connectivity index (χ2n) is 16.2. The number of aliphatic hydroxyl groups is 5. The van der Waals surface area contributed by atoms with Gasteiger partial charge in [-0.3, -0.25) is 4.79 Å². The van der Waals surface area contributed by atoms with Gasteiger partial charge in [0.15, 0.2) is 18.7 Å². The lowest BCUT2D eigenvalue weighted by molar-refractivity contribution is -0.317. The first kappa shape index (κ1) is 42.3. The molecular weight excluding hydrogens is 666 g/mol. The number of hydrogen-bond acceptors (Lipinski definition) is 14. The molecule has 296 valence electrons. The monoisotopic (exact) mass is 731 g/mol. The largest absolute Gasteiger partial charge is 0.489 e. The van der Waals surface area contributed by atoms with E-state index in [0.717, 1.165) is 5.57 Å². The first-order valence-electron chi connectivity index (χ1n) is 18.5. The highest BCUT2D eigenvalue weighted by Gasteiger charge is 2.56. The summed E-state index contributed by atoms with van der Waals surface area (Å²) >= 11 is 0. The van der Waals surface area contributed by atoms with Gasteiger partial charge in [-0.1, -0.05) is 20.8 Å².